The van der Waals surface area contributed by atoms with Crippen LogP contribution in [-0.2, 0) is 6.54 Å². The van der Waals surface area contributed by atoms with Crippen LogP contribution in [0.1, 0.15) is 38.2 Å². The Kier molecular flexibility index (Phi) is 5.61. The van der Waals surface area contributed by atoms with E-state index in [-0.39, 0.29) is 12.6 Å². The van der Waals surface area contributed by atoms with Crippen molar-refractivity contribution >= 4 is 5.82 Å². The Labute approximate surface area is 115 Å². The Bertz CT molecular complexity index is 383. The molecule has 0 radical (unpaired) electrons. The summed E-state index contributed by atoms with van der Waals surface area (Å²) in [6.07, 6.45) is 6.45. The lowest BCUT2D eigenvalue weighted by molar-refractivity contribution is 0.239. The standard InChI is InChI=1S/C15H25N3O/c1-2-8-16-11-13-6-5-9-17-15(13)18-10-4-3-7-14(18)12-19/h5-6,9,14,16,19H,2-4,7-8,10-12H2,1H3. The van der Waals surface area contributed by atoms with Crippen LogP contribution >= 0.6 is 0 Å². The third-order valence-electron chi connectivity index (χ3n) is 3.72. The van der Waals surface area contributed by atoms with Crippen LogP contribution in [0.2, 0.25) is 0 Å². The number of aliphatic hydroxyl groups is 1. The number of nitrogens with zero attached hydrogens (tertiary/aromatic N) is 2. The molecule has 1 fully saturated rings. The first-order valence-corrected chi connectivity index (χ1v) is 7.39. The van der Waals surface area contributed by atoms with Gasteiger partial charge >= 0.3 is 0 Å². The molecule has 1 unspecified atom stereocenters. The zero-order valence-corrected chi connectivity index (χ0v) is 11.8. The monoisotopic (exact) mass is 263 g/mol. The third kappa shape index (κ3) is 3.67. The Hall–Kier alpha value is -1.13. The molecule has 4 nitrogen and oxygen atoms in total. The van der Waals surface area contributed by atoms with Gasteiger partial charge in [-0.3, -0.25) is 0 Å². The maximum atomic E-state index is 9.54. The summed E-state index contributed by atoms with van der Waals surface area (Å²) in [7, 11) is 0. The van der Waals surface area contributed by atoms with Crippen LogP contribution in [0, 0.1) is 0 Å². The lowest BCUT2D eigenvalue weighted by Gasteiger charge is -2.36. The summed E-state index contributed by atoms with van der Waals surface area (Å²) in [5.41, 5.74) is 1.23. The van der Waals surface area contributed by atoms with Crippen molar-refractivity contribution in [2.45, 2.75) is 45.2 Å². The molecular weight excluding hydrogens is 238 g/mol. The van der Waals surface area contributed by atoms with E-state index in [1.807, 2.05) is 12.3 Å². The van der Waals surface area contributed by atoms with E-state index in [2.05, 4.69) is 28.2 Å². The van der Waals surface area contributed by atoms with Crippen molar-refractivity contribution in [1.82, 2.24) is 10.3 Å². The van der Waals surface area contributed by atoms with E-state index < -0.39 is 0 Å². The van der Waals surface area contributed by atoms with E-state index >= 15 is 0 Å². The molecule has 0 aromatic carbocycles. The van der Waals surface area contributed by atoms with E-state index in [1.54, 1.807) is 0 Å². The lowest BCUT2D eigenvalue weighted by atomic mass is 10.0. The molecular formula is C15H25N3O. The molecule has 1 aliphatic heterocycles. The van der Waals surface area contributed by atoms with Gasteiger partial charge in [-0.05, 0) is 38.3 Å². The molecule has 0 saturated carbocycles. The highest BCUT2D eigenvalue weighted by atomic mass is 16.3. The zero-order chi connectivity index (χ0) is 13.5. The van der Waals surface area contributed by atoms with Crippen LogP contribution in [0.3, 0.4) is 0 Å². The van der Waals surface area contributed by atoms with Gasteiger partial charge in [-0.2, -0.15) is 0 Å². The van der Waals surface area contributed by atoms with Crippen molar-refractivity contribution in [3.63, 3.8) is 0 Å². The molecule has 0 aliphatic carbocycles. The van der Waals surface area contributed by atoms with E-state index in [9.17, 15) is 5.11 Å². The molecule has 1 atom stereocenters. The highest BCUT2D eigenvalue weighted by Gasteiger charge is 2.24. The predicted molar refractivity (Wildman–Crippen MR) is 78.3 cm³/mol. The fourth-order valence-corrected chi connectivity index (χ4v) is 2.70. The van der Waals surface area contributed by atoms with Crippen LogP contribution in [0.5, 0.6) is 0 Å². The molecule has 1 aromatic rings. The molecule has 106 valence electrons. The first-order valence-electron chi connectivity index (χ1n) is 7.39. The maximum absolute atomic E-state index is 9.54. The molecule has 2 heterocycles. The van der Waals surface area contributed by atoms with E-state index in [0.29, 0.717) is 0 Å². The summed E-state index contributed by atoms with van der Waals surface area (Å²) in [6, 6.07) is 4.35. The van der Waals surface area contributed by atoms with Crippen molar-refractivity contribution in [2.24, 2.45) is 0 Å². The van der Waals surface area contributed by atoms with Gasteiger partial charge in [0, 0.05) is 24.8 Å². The number of nitrogens with one attached hydrogen (secondary N) is 1. The van der Waals surface area contributed by atoms with E-state index in [0.717, 1.165) is 38.3 Å². The fraction of sp³-hybridized carbons (Fsp3) is 0.667. The smallest absolute Gasteiger partial charge is 0.133 e. The quantitative estimate of drug-likeness (QED) is 0.770. The molecule has 19 heavy (non-hydrogen) atoms. The number of aromatic nitrogens is 1. The summed E-state index contributed by atoms with van der Waals surface area (Å²) in [5, 5.41) is 13.0. The molecule has 1 aromatic heterocycles. The van der Waals surface area contributed by atoms with Crippen molar-refractivity contribution in [2.75, 3.05) is 24.6 Å². The van der Waals surface area contributed by atoms with Crippen LogP contribution < -0.4 is 10.2 Å². The van der Waals surface area contributed by atoms with Gasteiger partial charge in [0.25, 0.3) is 0 Å². The minimum atomic E-state index is 0.221. The van der Waals surface area contributed by atoms with Gasteiger partial charge in [-0.25, -0.2) is 4.98 Å². The molecule has 0 amide bonds. The molecule has 2 rings (SSSR count). The normalized spacial score (nSPS) is 19.7. The molecule has 0 bridgehead atoms. The topological polar surface area (TPSA) is 48.4 Å². The average molecular weight is 263 g/mol. The van der Waals surface area contributed by atoms with E-state index in [4.69, 9.17) is 0 Å². The number of anilines is 1. The summed E-state index contributed by atoms with van der Waals surface area (Å²) in [5.74, 6) is 1.05. The van der Waals surface area contributed by atoms with Crippen molar-refractivity contribution in [1.29, 1.82) is 0 Å². The summed E-state index contributed by atoms with van der Waals surface area (Å²) in [4.78, 5) is 6.84. The zero-order valence-electron chi connectivity index (χ0n) is 11.8. The van der Waals surface area contributed by atoms with Crippen molar-refractivity contribution < 1.29 is 5.11 Å². The second-order valence-corrected chi connectivity index (χ2v) is 5.19. The van der Waals surface area contributed by atoms with E-state index in [1.165, 1.54) is 18.4 Å². The number of hydrogen-bond donors (Lipinski definition) is 2. The lowest BCUT2D eigenvalue weighted by Crippen LogP contribution is -2.43. The highest BCUT2D eigenvalue weighted by Crippen LogP contribution is 2.25. The van der Waals surface area contributed by atoms with Crippen LogP contribution in [-0.4, -0.2) is 35.8 Å². The Balaban J connectivity index is 2.12. The number of aliphatic hydroxyl groups excluding tert-OH is 1. The number of hydrogen-bond acceptors (Lipinski definition) is 4. The molecule has 2 N–H and O–H groups in total. The first-order chi connectivity index (χ1) is 9.36. The Morgan fingerprint density at radius 2 is 2.37 bits per heavy atom. The van der Waals surface area contributed by atoms with Crippen LogP contribution in [0.4, 0.5) is 5.82 Å². The molecule has 4 heteroatoms. The van der Waals surface area contributed by atoms with Crippen LogP contribution in [0.25, 0.3) is 0 Å². The molecule has 1 aliphatic rings. The van der Waals surface area contributed by atoms with Crippen molar-refractivity contribution in [3.05, 3.63) is 23.9 Å². The first kappa shape index (κ1) is 14.3. The number of rotatable bonds is 6. The van der Waals surface area contributed by atoms with Gasteiger partial charge < -0.3 is 15.3 Å². The highest BCUT2D eigenvalue weighted by molar-refractivity contribution is 5.48. The Morgan fingerprint density at radius 1 is 1.47 bits per heavy atom. The molecule has 0 spiro atoms. The van der Waals surface area contributed by atoms with Crippen molar-refractivity contribution in [3.8, 4) is 0 Å². The molecule has 1 saturated heterocycles. The van der Waals surface area contributed by atoms with Gasteiger partial charge in [-0.15, -0.1) is 0 Å². The number of piperidine rings is 1. The second kappa shape index (κ2) is 7.46. The van der Waals surface area contributed by atoms with Gasteiger partial charge in [0.1, 0.15) is 5.82 Å². The average Bonchev–Trinajstić information content (AvgIpc) is 2.48. The SMILES string of the molecule is CCCNCc1cccnc1N1CCCCC1CO. The van der Waals surface area contributed by atoms with Gasteiger partial charge in [0.05, 0.1) is 12.6 Å². The second-order valence-electron chi connectivity index (χ2n) is 5.19. The van der Waals surface area contributed by atoms with Gasteiger partial charge in [-0.1, -0.05) is 13.0 Å². The largest absolute Gasteiger partial charge is 0.394 e. The fourth-order valence-electron chi connectivity index (χ4n) is 2.70. The van der Waals surface area contributed by atoms with Gasteiger partial charge in [0.2, 0.25) is 0 Å². The van der Waals surface area contributed by atoms with Crippen LogP contribution in [0.15, 0.2) is 18.3 Å². The third-order valence-corrected chi connectivity index (χ3v) is 3.72. The maximum Gasteiger partial charge on any atom is 0.133 e. The minimum Gasteiger partial charge on any atom is -0.394 e. The summed E-state index contributed by atoms with van der Waals surface area (Å²) in [6.45, 7) is 5.27. The van der Waals surface area contributed by atoms with Gasteiger partial charge in [0.15, 0.2) is 0 Å². The number of pyridine rings is 1. The Morgan fingerprint density at radius 3 is 3.16 bits per heavy atom. The minimum absolute atomic E-state index is 0.221. The predicted octanol–water partition coefficient (Wildman–Crippen LogP) is 1.93. The summed E-state index contributed by atoms with van der Waals surface area (Å²) >= 11 is 0. The summed E-state index contributed by atoms with van der Waals surface area (Å²) < 4.78 is 0.